The fourth-order valence-electron chi connectivity index (χ4n) is 1.59. The SMILES string of the molecule is O=CNc1c(CC(F)(F)F)nc2ccc(Br)cn12. The molecule has 2 aromatic heterocycles. The maximum absolute atomic E-state index is 12.4. The molecule has 0 fully saturated rings. The van der Waals surface area contributed by atoms with Crippen molar-refractivity contribution in [3.63, 3.8) is 0 Å². The summed E-state index contributed by atoms with van der Waals surface area (Å²) >= 11 is 3.20. The third-order valence-corrected chi connectivity index (χ3v) is 2.69. The quantitative estimate of drug-likeness (QED) is 0.884. The minimum Gasteiger partial charge on any atom is -0.313 e. The zero-order valence-corrected chi connectivity index (χ0v) is 10.4. The van der Waals surface area contributed by atoms with Crippen LogP contribution in [0.5, 0.6) is 0 Å². The average molecular weight is 322 g/mol. The Hall–Kier alpha value is -1.57. The van der Waals surface area contributed by atoms with Crippen molar-refractivity contribution in [3.8, 4) is 0 Å². The molecule has 0 unspecified atom stereocenters. The largest absolute Gasteiger partial charge is 0.394 e. The van der Waals surface area contributed by atoms with Crippen molar-refractivity contribution in [2.24, 2.45) is 0 Å². The van der Waals surface area contributed by atoms with Crippen molar-refractivity contribution in [1.82, 2.24) is 9.38 Å². The molecular formula is C10H7BrF3N3O. The van der Waals surface area contributed by atoms with Crippen molar-refractivity contribution in [2.75, 3.05) is 5.32 Å². The zero-order valence-electron chi connectivity index (χ0n) is 8.83. The molecule has 96 valence electrons. The fourth-order valence-corrected chi connectivity index (χ4v) is 1.93. The lowest BCUT2D eigenvalue weighted by Gasteiger charge is -2.06. The molecule has 18 heavy (non-hydrogen) atoms. The molecule has 0 aromatic carbocycles. The lowest BCUT2D eigenvalue weighted by atomic mass is 10.3. The van der Waals surface area contributed by atoms with Crippen LogP contribution in [0.1, 0.15) is 5.69 Å². The number of alkyl halides is 3. The molecule has 0 bridgehead atoms. The number of anilines is 1. The summed E-state index contributed by atoms with van der Waals surface area (Å²) in [4.78, 5) is 14.3. The first-order chi connectivity index (χ1) is 8.40. The van der Waals surface area contributed by atoms with E-state index in [1.807, 2.05) is 0 Å². The van der Waals surface area contributed by atoms with Gasteiger partial charge in [0.25, 0.3) is 0 Å². The molecule has 0 saturated carbocycles. The highest BCUT2D eigenvalue weighted by molar-refractivity contribution is 9.10. The molecule has 4 nitrogen and oxygen atoms in total. The summed E-state index contributed by atoms with van der Waals surface area (Å²) in [5.74, 6) is 0.0265. The van der Waals surface area contributed by atoms with Crippen LogP contribution in [0.25, 0.3) is 5.65 Å². The average Bonchev–Trinajstić information content (AvgIpc) is 2.55. The number of nitrogens with zero attached hydrogens (tertiary/aromatic N) is 2. The first-order valence-electron chi connectivity index (χ1n) is 4.84. The standard InChI is InChI=1S/C10H7BrF3N3O/c11-6-1-2-8-16-7(3-10(12,13)14)9(15-5-18)17(8)4-6/h1-2,4-5H,3H2,(H,15,18). The van der Waals surface area contributed by atoms with Crippen LogP contribution in [-0.2, 0) is 11.2 Å². The Morgan fingerprint density at radius 2 is 2.17 bits per heavy atom. The summed E-state index contributed by atoms with van der Waals surface area (Å²) in [7, 11) is 0. The molecule has 0 radical (unpaired) electrons. The van der Waals surface area contributed by atoms with Gasteiger partial charge in [-0.15, -0.1) is 0 Å². The van der Waals surface area contributed by atoms with Crippen molar-refractivity contribution >= 4 is 33.8 Å². The van der Waals surface area contributed by atoms with Crippen LogP contribution in [0.15, 0.2) is 22.8 Å². The van der Waals surface area contributed by atoms with Crippen LogP contribution in [-0.4, -0.2) is 22.0 Å². The predicted molar refractivity (Wildman–Crippen MR) is 62.3 cm³/mol. The minimum absolute atomic E-state index is 0.0265. The van der Waals surface area contributed by atoms with Gasteiger partial charge in [-0.2, -0.15) is 13.2 Å². The number of rotatable bonds is 3. The Morgan fingerprint density at radius 1 is 1.44 bits per heavy atom. The Balaban J connectivity index is 2.57. The van der Waals surface area contributed by atoms with Crippen molar-refractivity contribution in [3.05, 3.63) is 28.5 Å². The number of aromatic nitrogens is 2. The molecule has 2 aromatic rings. The van der Waals surface area contributed by atoms with E-state index in [9.17, 15) is 18.0 Å². The molecule has 0 aliphatic heterocycles. The van der Waals surface area contributed by atoms with E-state index in [1.165, 1.54) is 10.6 Å². The number of amides is 1. The van der Waals surface area contributed by atoms with Crippen molar-refractivity contribution in [2.45, 2.75) is 12.6 Å². The van der Waals surface area contributed by atoms with Crippen LogP contribution in [0.2, 0.25) is 0 Å². The lowest BCUT2D eigenvalue weighted by molar-refractivity contribution is -0.127. The van der Waals surface area contributed by atoms with Gasteiger partial charge >= 0.3 is 6.18 Å². The van der Waals surface area contributed by atoms with Gasteiger partial charge < -0.3 is 5.32 Å². The van der Waals surface area contributed by atoms with Crippen molar-refractivity contribution < 1.29 is 18.0 Å². The Labute approximate surface area is 108 Å². The first-order valence-corrected chi connectivity index (χ1v) is 5.63. The molecule has 0 aliphatic carbocycles. The highest BCUT2D eigenvalue weighted by Gasteiger charge is 2.31. The Morgan fingerprint density at radius 3 is 2.78 bits per heavy atom. The van der Waals surface area contributed by atoms with Gasteiger partial charge in [-0.3, -0.25) is 9.20 Å². The van der Waals surface area contributed by atoms with E-state index in [1.54, 1.807) is 12.1 Å². The van der Waals surface area contributed by atoms with E-state index in [0.717, 1.165) is 0 Å². The number of hydrogen-bond acceptors (Lipinski definition) is 2. The van der Waals surface area contributed by atoms with E-state index in [0.29, 0.717) is 16.5 Å². The van der Waals surface area contributed by atoms with Gasteiger partial charge in [0.05, 0.1) is 12.1 Å². The molecule has 0 spiro atoms. The van der Waals surface area contributed by atoms with Crippen LogP contribution < -0.4 is 5.32 Å². The van der Waals surface area contributed by atoms with Gasteiger partial charge in [0.15, 0.2) is 0 Å². The highest BCUT2D eigenvalue weighted by Crippen LogP contribution is 2.27. The van der Waals surface area contributed by atoms with E-state index < -0.39 is 12.6 Å². The van der Waals surface area contributed by atoms with Gasteiger partial charge in [-0.25, -0.2) is 4.98 Å². The smallest absolute Gasteiger partial charge is 0.313 e. The molecule has 1 amide bonds. The van der Waals surface area contributed by atoms with E-state index in [-0.39, 0.29) is 11.5 Å². The molecule has 8 heteroatoms. The summed E-state index contributed by atoms with van der Waals surface area (Å²) in [5.41, 5.74) is 0.120. The number of halogens is 4. The summed E-state index contributed by atoms with van der Waals surface area (Å²) < 4.78 is 39.2. The molecule has 0 saturated heterocycles. The third-order valence-electron chi connectivity index (χ3n) is 2.22. The monoisotopic (exact) mass is 321 g/mol. The maximum atomic E-state index is 12.4. The number of pyridine rings is 1. The van der Waals surface area contributed by atoms with E-state index >= 15 is 0 Å². The summed E-state index contributed by atoms with van der Waals surface area (Å²) in [6, 6.07) is 3.21. The molecule has 1 N–H and O–H groups in total. The number of carbonyl (C=O) groups is 1. The highest BCUT2D eigenvalue weighted by atomic mass is 79.9. The molecular weight excluding hydrogens is 315 g/mol. The molecule has 2 heterocycles. The van der Waals surface area contributed by atoms with Crippen LogP contribution in [0.4, 0.5) is 19.0 Å². The summed E-state index contributed by atoms with van der Waals surface area (Å²) in [6.07, 6.45) is -3.71. The molecule has 2 rings (SSSR count). The first kappa shape index (κ1) is 12.9. The maximum Gasteiger partial charge on any atom is 0.394 e. The second kappa shape index (κ2) is 4.60. The van der Waals surface area contributed by atoms with Crippen LogP contribution in [0.3, 0.4) is 0 Å². The molecule has 0 atom stereocenters. The van der Waals surface area contributed by atoms with Gasteiger partial charge in [0, 0.05) is 10.7 Å². The number of hydrogen-bond donors (Lipinski definition) is 1. The molecule has 0 aliphatic rings. The van der Waals surface area contributed by atoms with Gasteiger partial charge in [-0.05, 0) is 28.1 Å². The number of nitrogens with one attached hydrogen (secondary N) is 1. The van der Waals surface area contributed by atoms with Crippen LogP contribution >= 0.6 is 15.9 Å². The van der Waals surface area contributed by atoms with Crippen molar-refractivity contribution in [1.29, 1.82) is 0 Å². The zero-order chi connectivity index (χ0) is 13.3. The van der Waals surface area contributed by atoms with Crippen LogP contribution in [0, 0.1) is 0 Å². The van der Waals surface area contributed by atoms with Gasteiger partial charge in [0.1, 0.15) is 11.5 Å². The van der Waals surface area contributed by atoms with Gasteiger partial charge in [0.2, 0.25) is 6.41 Å². The van der Waals surface area contributed by atoms with E-state index in [2.05, 4.69) is 26.2 Å². The summed E-state index contributed by atoms with van der Waals surface area (Å²) in [5, 5.41) is 2.25. The predicted octanol–water partition coefficient (Wildman–Crippen LogP) is 2.77. The van der Waals surface area contributed by atoms with E-state index in [4.69, 9.17) is 0 Å². The second-order valence-corrected chi connectivity index (χ2v) is 4.45. The fraction of sp³-hybridized carbons (Fsp3) is 0.200. The number of carbonyl (C=O) groups excluding carboxylic acids is 1. The lowest BCUT2D eigenvalue weighted by Crippen LogP contribution is -2.13. The minimum atomic E-state index is -4.38. The number of imidazole rings is 1. The topological polar surface area (TPSA) is 46.4 Å². The summed E-state index contributed by atoms with van der Waals surface area (Å²) in [6.45, 7) is 0. The third kappa shape index (κ3) is 2.63. The normalized spacial score (nSPS) is 11.8. The van der Waals surface area contributed by atoms with Gasteiger partial charge in [-0.1, -0.05) is 0 Å². The number of fused-ring (bicyclic) bond motifs is 1. The Bertz CT molecular complexity index is 594. The second-order valence-electron chi connectivity index (χ2n) is 3.54. The Kier molecular flexibility index (Phi) is 3.29.